The Hall–Kier alpha value is -2.24. The molecule has 1 atom stereocenters. The van der Waals surface area contributed by atoms with Gasteiger partial charge in [-0.15, -0.1) is 0 Å². The van der Waals surface area contributed by atoms with Gasteiger partial charge in [-0.1, -0.05) is 26.0 Å². The van der Waals surface area contributed by atoms with Crippen molar-refractivity contribution >= 4 is 12.0 Å². The van der Waals surface area contributed by atoms with E-state index in [0.717, 1.165) is 16.9 Å². The molecule has 1 saturated heterocycles. The van der Waals surface area contributed by atoms with Crippen molar-refractivity contribution in [3.05, 3.63) is 29.3 Å². The molecule has 1 aromatic carbocycles. The normalized spacial score (nSPS) is 15.8. The van der Waals surface area contributed by atoms with Crippen LogP contribution < -0.4 is 4.74 Å². The van der Waals surface area contributed by atoms with Gasteiger partial charge in [-0.25, -0.2) is 4.79 Å². The second kappa shape index (κ2) is 8.92. The minimum Gasteiger partial charge on any atom is -0.481 e. The number of amides is 2. The third-order valence-corrected chi connectivity index (χ3v) is 4.56. The van der Waals surface area contributed by atoms with E-state index in [1.165, 1.54) is 0 Å². The first-order chi connectivity index (χ1) is 12.3. The molecule has 6 nitrogen and oxygen atoms in total. The van der Waals surface area contributed by atoms with Crippen LogP contribution in [0.2, 0.25) is 0 Å². The number of hydrogen-bond acceptors (Lipinski definition) is 4. The fourth-order valence-corrected chi connectivity index (χ4v) is 3.04. The largest absolute Gasteiger partial charge is 0.481 e. The van der Waals surface area contributed by atoms with Crippen molar-refractivity contribution in [1.82, 2.24) is 9.80 Å². The van der Waals surface area contributed by atoms with E-state index in [0.29, 0.717) is 38.7 Å². The maximum atomic E-state index is 12.7. The van der Waals surface area contributed by atoms with E-state index in [9.17, 15) is 9.59 Å². The highest BCUT2D eigenvalue weighted by Gasteiger charge is 2.28. The third kappa shape index (κ3) is 4.90. The summed E-state index contributed by atoms with van der Waals surface area (Å²) in [6.45, 7) is 12.1. The van der Waals surface area contributed by atoms with Gasteiger partial charge < -0.3 is 19.3 Å². The number of ether oxygens (including phenoxy) is 2. The number of piperazine rings is 1. The Kier molecular flexibility index (Phi) is 6.89. The molecule has 0 spiro atoms. The number of carbonyl (C=O) groups excluding carboxylic acids is 2. The van der Waals surface area contributed by atoms with Gasteiger partial charge >= 0.3 is 6.09 Å². The van der Waals surface area contributed by atoms with E-state index in [1.807, 2.05) is 13.0 Å². The maximum Gasteiger partial charge on any atom is 0.409 e. The van der Waals surface area contributed by atoms with E-state index >= 15 is 0 Å². The van der Waals surface area contributed by atoms with Gasteiger partial charge in [0.05, 0.1) is 6.61 Å². The number of benzene rings is 1. The van der Waals surface area contributed by atoms with Crippen LogP contribution in [0.1, 0.15) is 44.7 Å². The first-order valence-electron chi connectivity index (χ1n) is 9.31. The van der Waals surface area contributed by atoms with Crippen molar-refractivity contribution in [3.8, 4) is 5.75 Å². The smallest absolute Gasteiger partial charge is 0.409 e. The molecule has 1 aliphatic heterocycles. The summed E-state index contributed by atoms with van der Waals surface area (Å²) in [6.07, 6.45) is -0.881. The van der Waals surface area contributed by atoms with Crippen LogP contribution in [0.25, 0.3) is 0 Å². The summed E-state index contributed by atoms with van der Waals surface area (Å²) in [4.78, 5) is 27.9. The number of aryl methyl sites for hydroxylation is 1. The first-order valence-corrected chi connectivity index (χ1v) is 9.31. The fraction of sp³-hybridized carbons (Fsp3) is 0.600. The molecule has 0 aromatic heterocycles. The Morgan fingerprint density at radius 1 is 1.08 bits per heavy atom. The van der Waals surface area contributed by atoms with Gasteiger partial charge in [0.15, 0.2) is 6.10 Å². The topological polar surface area (TPSA) is 59.1 Å². The molecule has 0 bridgehead atoms. The SMILES string of the molecule is CCOC(=O)N1CCN(C(=O)[C@@H](C)Oc2cc(C)ccc2C(C)C)CC1. The van der Waals surface area contributed by atoms with Gasteiger partial charge in [0, 0.05) is 26.2 Å². The van der Waals surface area contributed by atoms with Crippen LogP contribution in [-0.2, 0) is 9.53 Å². The Morgan fingerprint density at radius 2 is 1.69 bits per heavy atom. The molecule has 2 rings (SSSR count). The summed E-state index contributed by atoms with van der Waals surface area (Å²) >= 11 is 0. The minimum atomic E-state index is -0.566. The molecular weight excluding hydrogens is 332 g/mol. The summed E-state index contributed by atoms with van der Waals surface area (Å²) in [5, 5.41) is 0. The van der Waals surface area contributed by atoms with Crippen molar-refractivity contribution in [3.63, 3.8) is 0 Å². The fourth-order valence-electron chi connectivity index (χ4n) is 3.04. The Bertz CT molecular complexity index is 637. The molecule has 1 heterocycles. The van der Waals surface area contributed by atoms with Crippen LogP contribution in [0.15, 0.2) is 18.2 Å². The monoisotopic (exact) mass is 362 g/mol. The maximum absolute atomic E-state index is 12.7. The van der Waals surface area contributed by atoms with Crippen LogP contribution in [-0.4, -0.2) is 60.7 Å². The third-order valence-electron chi connectivity index (χ3n) is 4.56. The molecule has 0 radical (unpaired) electrons. The summed E-state index contributed by atoms with van der Waals surface area (Å²) < 4.78 is 11.0. The molecule has 26 heavy (non-hydrogen) atoms. The van der Waals surface area contributed by atoms with E-state index in [2.05, 4.69) is 26.0 Å². The molecule has 144 valence electrons. The second-order valence-electron chi connectivity index (χ2n) is 6.97. The second-order valence-corrected chi connectivity index (χ2v) is 6.97. The molecule has 1 fully saturated rings. The zero-order valence-electron chi connectivity index (χ0n) is 16.4. The number of carbonyl (C=O) groups is 2. The van der Waals surface area contributed by atoms with Crippen molar-refractivity contribution < 1.29 is 19.1 Å². The van der Waals surface area contributed by atoms with Crippen molar-refractivity contribution in [2.24, 2.45) is 0 Å². The molecule has 0 unspecified atom stereocenters. The molecule has 0 aliphatic carbocycles. The highest BCUT2D eigenvalue weighted by Crippen LogP contribution is 2.28. The number of hydrogen-bond donors (Lipinski definition) is 0. The molecule has 0 N–H and O–H groups in total. The summed E-state index contributed by atoms with van der Waals surface area (Å²) in [5.41, 5.74) is 2.20. The Balaban J connectivity index is 1.97. The van der Waals surface area contributed by atoms with Gasteiger partial charge in [-0.3, -0.25) is 4.79 Å². The number of nitrogens with zero attached hydrogens (tertiary/aromatic N) is 2. The molecule has 6 heteroatoms. The number of rotatable bonds is 5. The average Bonchev–Trinajstić information content (AvgIpc) is 2.61. The van der Waals surface area contributed by atoms with Crippen molar-refractivity contribution in [1.29, 1.82) is 0 Å². The van der Waals surface area contributed by atoms with E-state index in [4.69, 9.17) is 9.47 Å². The van der Waals surface area contributed by atoms with Crippen molar-refractivity contribution in [2.45, 2.75) is 46.6 Å². The zero-order chi connectivity index (χ0) is 19.3. The quantitative estimate of drug-likeness (QED) is 0.807. The van der Waals surface area contributed by atoms with Crippen LogP contribution in [0.5, 0.6) is 5.75 Å². The van der Waals surface area contributed by atoms with Crippen LogP contribution in [0.4, 0.5) is 4.79 Å². The average molecular weight is 362 g/mol. The predicted octanol–water partition coefficient (Wildman–Crippen LogP) is 3.19. The zero-order valence-corrected chi connectivity index (χ0v) is 16.4. The lowest BCUT2D eigenvalue weighted by Crippen LogP contribution is -2.53. The lowest BCUT2D eigenvalue weighted by atomic mass is 10.0. The highest BCUT2D eigenvalue weighted by molar-refractivity contribution is 5.81. The van der Waals surface area contributed by atoms with E-state index in [1.54, 1.807) is 23.6 Å². The van der Waals surface area contributed by atoms with Gasteiger partial charge in [-0.2, -0.15) is 0 Å². The van der Waals surface area contributed by atoms with E-state index in [-0.39, 0.29) is 12.0 Å². The van der Waals surface area contributed by atoms with Crippen LogP contribution in [0, 0.1) is 6.92 Å². The van der Waals surface area contributed by atoms with Crippen LogP contribution in [0.3, 0.4) is 0 Å². The van der Waals surface area contributed by atoms with Crippen molar-refractivity contribution in [2.75, 3.05) is 32.8 Å². The standard InChI is InChI=1S/C20H30N2O4/c1-6-25-20(24)22-11-9-21(10-12-22)19(23)16(5)26-18-13-15(4)7-8-17(18)14(2)3/h7-8,13-14,16H,6,9-12H2,1-5H3/t16-/m1/s1. The minimum absolute atomic E-state index is 0.0512. The highest BCUT2D eigenvalue weighted by atomic mass is 16.6. The molecule has 1 aliphatic rings. The Labute approximate surface area is 156 Å². The first kappa shape index (κ1) is 20.1. The summed E-state index contributed by atoms with van der Waals surface area (Å²) in [5.74, 6) is 1.04. The van der Waals surface area contributed by atoms with Crippen LogP contribution >= 0.6 is 0 Å². The molecular formula is C20H30N2O4. The lowest BCUT2D eigenvalue weighted by molar-refractivity contribution is -0.139. The molecule has 0 saturated carbocycles. The molecule has 2 amide bonds. The van der Waals surface area contributed by atoms with E-state index < -0.39 is 6.10 Å². The van der Waals surface area contributed by atoms with Gasteiger partial charge in [-0.05, 0) is 43.9 Å². The lowest BCUT2D eigenvalue weighted by Gasteiger charge is -2.35. The Morgan fingerprint density at radius 3 is 2.27 bits per heavy atom. The predicted molar refractivity (Wildman–Crippen MR) is 101 cm³/mol. The molecule has 1 aromatic rings. The summed E-state index contributed by atoms with van der Waals surface area (Å²) in [6, 6.07) is 6.10. The van der Waals surface area contributed by atoms with Gasteiger partial charge in [0.1, 0.15) is 5.75 Å². The summed E-state index contributed by atoms with van der Waals surface area (Å²) in [7, 11) is 0. The van der Waals surface area contributed by atoms with Gasteiger partial charge in [0.25, 0.3) is 5.91 Å². The van der Waals surface area contributed by atoms with Gasteiger partial charge in [0.2, 0.25) is 0 Å².